The van der Waals surface area contributed by atoms with E-state index in [1.807, 2.05) is 0 Å². The van der Waals surface area contributed by atoms with Crippen LogP contribution in [0.15, 0.2) is 39.5 Å². The summed E-state index contributed by atoms with van der Waals surface area (Å²) in [5.41, 5.74) is 4.10. The lowest BCUT2D eigenvalue weighted by atomic mass is 9.98. The molecule has 0 radical (unpaired) electrons. The Morgan fingerprint density at radius 2 is 2.05 bits per heavy atom. The van der Waals surface area contributed by atoms with E-state index in [-0.39, 0.29) is 0 Å². The highest BCUT2D eigenvalue weighted by Gasteiger charge is 2.14. The second kappa shape index (κ2) is 7.22. The molecule has 0 aliphatic heterocycles. The quantitative estimate of drug-likeness (QED) is 0.767. The Morgan fingerprint density at radius 3 is 2.68 bits per heavy atom. The molecule has 0 saturated heterocycles. The third-order valence-corrected chi connectivity index (χ3v) is 4.73. The van der Waals surface area contributed by atoms with Gasteiger partial charge in [0.1, 0.15) is 0 Å². The lowest BCUT2D eigenvalue weighted by Crippen LogP contribution is -2.22. The molecule has 2 rings (SSSR count). The van der Waals surface area contributed by atoms with E-state index in [2.05, 4.69) is 70.8 Å². The van der Waals surface area contributed by atoms with Crippen LogP contribution in [0.1, 0.15) is 43.0 Å². The van der Waals surface area contributed by atoms with Crippen molar-refractivity contribution < 1.29 is 0 Å². The fraction of sp³-hybridized carbons (Fsp3) is 0.375. The number of hydrogen-bond donors (Lipinski definition) is 1. The predicted molar refractivity (Wildman–Crippen MR) is 88.0 cm³/mol. The van der Waals surface area contributed by atoms with Gasteiger partial charge in [-0.1, -0.05) is 38.1 Å². The summed E-state index contributed by atoms with van der Waals surface area (Å²) in [6.45, 7) is 5.44. The molecule has 1 heterocycles. The van der Waals surface area contributed by atoms with Crippen LogP contribution in [0, 0.1) is 0 Å². The van der Waals surface area contributed by atoms with E-state index in [1.165, 1.54) is 20.5 Å². The third kappa shape index (κ3) is 3.91. The van der Waals surface area contributed by atoms with Crippen molar-refractivity contribution in [3.63, 3.8) is 0 Å². The van der Waals surface area contributed by atoms with Crippen molar-refractivity contribution in [3.05, 3.63) is 56.2 Å². The molecule has 0 saturated carbocycles. The van der Waals surface area contributed by atoms with E-state index in [0.29, 0.717) is 6.04 Å². The monoisotopic (exact) mass is 337 g/mol. The molecule has 1 aromatic heterocycles. The van der Waals surface area contributed by atoms with E-state index >= 15 is 0 Å². The molecule has 1 aromatic carbocycles. The first-order valence-corrected chi connectivity index (χ1v) is 8.48. The number of thiophene rings is 1. The Kier molecular flexibility index (Phi) is 5.61. The topological polar surface area (TPSA) is 12.0 Å². The highest BCUT2D eigenvalue weighted by atomic mass is 79.9. The van der Waals surface area contributed by atoms with Crippen molar-refractivity contribution >= 4 is 27.3 Å². The Hall–Kier alpha value is -0.640. The van der Waals surface area contributed by atoms with E-state index in [9.17, 15) is 0 Å². The number of halogens is 1. The summed E-state index contributed by atoms with van der Waals surface area (Å²) in [7, 11) is 0. The highest BCUT2D eigenvalue weighted by molar-refractivity contribution is 9.11. The van der Waals surface area contributed by atoms with Gasteiger partial charge in [0.15, 0.2) is 0 Å². The minimum Gasteiger partial charge on any atom is -0.306 e. The van der Waals surface area contributed by atoms with Crippen molar-refractivity contribution in [2.24, 2.45) is 0 Å². The fourth-order valence-electron chi connectivity index (χ4n) is 2.18. The van der Waals surface area contributed by atoms with Crippen LogP contribution in [0.5, 0.6) is 0 Å². The highest BCUT2D eigenvalue weighted by Crippen LogP contribution is 2.29. The van der Waals surface area contributed by atoms with Crippen molar-refractivity contribution in [1.82, 2.24) is 5.32 Å². The molecule has 0 spiro atoms. The standard InChI is InChI=1S/C16H20BrNS/c1-3-8-18-16(14-10-15(17)19-11-14)13-7-5-6-12(4-2)9-13/h5-7,9-11,16,18H,3-4,8H2,1-2H3. The summed E-state index contributed by atoms with van der Waals surface area (Å²) in [6.07, 6.45) is 2.23. The smallest absolute Gasteiger partial charge is 0.0701 e. The van der Waals surface area contributed by atoms with Gasteiger partial charge < -0.3 is 5.32 Å². The van der Waals surface area contributed by atoms with Crippen LogP contribution in [0.25, 0.3) is 0 Å². The van der Waals surface area contributed by atoms with Crippen LogP contribution in [0.4, 0.5) is 0 Å². The Bertz CT molecular complexity index is 521. The van der Waals surface area contributed by atoms with Gasteiger partial charge >= 0.3 is 0 Å². The molecule has 1 N–H and O–H groups in total. The lowest BCUT2D eigenvalue weighted by Gasteiger charge is -2.19. The van der Waals surface area contributed by atoms with Crippen LogP contribution in [0.2, 0.25) is 0 Å². The second-order valence-corrected chi connectivity index (χ2v) is 6.96. The molecule has 1 atom stereocenters. The summed E-state index contributed by atoms with van der Waals surface area (Å²) < 4.78 is 1.19. The van der Waals surface area contributed by atoms with Gasteiger partial charge in [0, 0.05) is 0 Å². The third-order valence-electron chi connectivity index (χ3n) is 3.21. The van der Waals surface area contributed by atoms with Crippen LogP contribution < -0.4 is 5.32 Å². The summed E-state index contributed by atoms with van der Waals surface area (Å²) >= 11 is 5.31. The molecule has 2 aromatic rings. The van der Waals surface area contributed by atoms with Gasteiger partial charge in [0.2, 0.25) is 0 Å². The molecule has 0 aliphatic carbocycles. The van der Waals surface area contributed by atoms with Gasteiger partial charge in [0.25, 0.3) is 0 Å². The van der Waals surface area contributed by atoms with Crippen LogP contribution in [-0.2, 0) is 6.42 Å². The van der Waals surface area contributed by atoms with Crippen molar-refractivity contribution in [2.45, 2.75) is 32.7 Å². The zero-order valence-corrected chi connectivity index (χ0v) is 13.9. The molecule has 0 fully saturated rings. The average molecular weight is 338 g/mol. The van der Waals surface area contributed by atoms with Crippen molar-refractivity contribution in [1.29, 1.82) is 0 Å². The van der Waals surface area contributed by atoms with Crippen molar-refractivity contribution in [3.8, 4) is 0 Å². The van der Waals surface area contributed by atoms with E-state index < -0.39 is 0 Å². The lowest BCUT2D eigenvalue weighted by molar-refractivity contribution is 0.599. The molecule has 0 bridgehead atoms. The minimum atomic E-state index is 0.300. The Morgan fingerprint density at radius 1 is 1.21 bits per heavy atom. The minimum absolute atomic E-state index is 0.300. The first-order chi connectivity index (χ1) is 9.24. The molecule has 1 nitrogen and oxygen atoms in total. The molecule has 0 aliphatic rings. The maximum Gasteiger partial charge on any atom is 0.0701 e. The van der Waals surface area contributed by atoms with Crippen LogP contribution in [0.3, 0.4) is 0 Å². The van der Waals surface area contributed by atoms with Gasteiger partial charge in [0.05, 0.1) is 9.83 Å². The maximum atomic E-state index is 3.65. The van der Waals surface area contributed by atoms with E-state index in [4.69, 9.17) is 0 Å². The van der Waals surface area contributed by atoms with Gasteiger partial charge in [-0.05, 0) is 63.5 Å². The first kappa shape index (κ1) is 14.8. The Balaban J connectivity index is 2.30. The molecule has 102 valence electrons. The number of nitrogens with one attached hydrogen (secondary N) is 1. The van der Waals surface area contributed by atoms with Gasteiger partial charge in [-0.25, -0.2) is 0 Å². The molecule has 3 heteroatoms. The van der Waals surface area contributed by atoms with Gasteiger partial charge in [-0.15, -0.1) is 11.3 Å². The second-order valence-electron chi connectivity index (χ2n) is 4.67. The summed E-state index contributed by atoms with van der Waals surface area (Å²) in [4.78, 5) is 0. The normalized spacial score (nSPS) is 12.6. The SMILES string of the molecule is CCCNC(c1cccc(CC)c1)c1csc(Br)c1. The molecule has 0 amide bonds. The first-order valence-electron chi connectivity index (χ1n) is 6.80. The molecule has 19 heavy (non-hydrogen) atoms. The predicted octanol–water partition coefficient (Wildman–Crippen LogP) is 5.16. The molecular formula is C16H20BrNS. The molecule has 1 unspecified atom stereocenters. The summed E-state index contributed by atoms with van der Waals surface area (Å²) in [5, 5.41) is 5.88. The maximum absolute atomic E-state index is 3.65. The summed E-state index contributed by atoms with van der Waals surface area (Å²) in [5.74, 6) is 0. The van der Waals surface area contributed by atoms with Crippen LogP contribution in [-0.4, -0.2) is 6.54 Å². The number of hydrogen-bond acceptors (Lipinski definition) is 2. The van der Waals surface area contributed by atoms with Gasteiger partial charge in [-0.2, -0.15) is 0 Å². The number of rotatable bonds is 6. The average Bonchev–Trinajstić information content (AvgIpc) is 2.86. The van der Waals surface area contributed by atoms with Crippen LogP contribution >= 0.6 is 27.3 Å². The molecular weight excluding hydrogens is 318 g/mol. The van der Waals surface area contributed by atoms with Gasteiger partial charge in [-0.3, -0.25) is 0 Å². The zero-order valence-electron chi connectivity index (χ0n) is 11.4. The zero-order chi connectivity index (χ0) is 13.7. The van der Waals surface area contributed by atoms with E-state index in [1.54, 1.807) is 11.3 Å². The van der Waals surface area contributed by atoms with E-state index in [0.717, 1.165) is 19.4 Å². The fourth-order valence-corrected chi connectivity index (χ4v) is 3.39. The largest absolute Gasteiger partial charge is 0.306 e. The Labute approximate surface area is 128 Å². The summed E-state index contributed by atoms with van der Waals surface area (Å²) in [6, 6.07) is 11.4. The van der Waals surface area contributed by atoms with Crippen molar-refractivity contribution in [2.75, 3.05) is 6.54 Å². The number of aryl methyl sites for hydroxylation is 1. The number of benzene rings is 1.